The van der Waals surface area contributed by atoms with E-state index in [4.69, 9.17) is 4.74 Å². The predicted octanol–water partition coefficient (Wildman–Crippen LogP) is 3.92. The van der Waals surface area contributed by atoms with Gasteiger partial charge in [0.1, 0.15) is 11.6 Å². The Morgan fingerprint density at radius 2 is 2.00 bits per heavy atom. The van der Waals surface area contributed by atoms with Crippen LogP contribution in [0, 0.1) is 5.82 Å². The van der Waals surface area contributed by atoms with E-state index < -0.39 is 0 Å². The molecule has 0 aromatic heterocycles. The number of halogens is 2. The quantitative estimate of drug-likeness (QED) is 0.764. The second-order valence-electron chi connectivity index (χ2n) is 4.58. The van der Waals surface area contributed by atoms with Gasteiger partial charge >= 0.3 is 0 Å². The lowest BCUT2D eigenvalue weighted by Gasteiger charge is -2.19. The van der Waals surface area contributed by atoms with E-state index in [1.165, 1.54) is 6.07 Å². The average Bonchev–Trinajstić information content (AvgIpc) is 2.47. The van der Waals surface area contributed by atoms with Gasteiger partial charge in [0.05, 0.1) is 23.8 Å². The molecule has 2 aromatic rings. The molecule has 0 atom stereocenters. The van der Waals surface area contributed by atoms with Crippen molar-refractivity contribution in [3.8, 4) is 5.75 Å². The maximum atomic E-state index is 13.7. The zero-order valence-electron chi connectivity index (χ0n) is 11.8. The van der Waals surface area contributed by atoms with Crippen LogP contribution in [-0.4, -0.2) is 26.5 Å². The molecule has 21 heavy (non-hydrogen) atoms. The summed E-state index contributed by atoms with van der Waals surface area (Å²) in [4.78, 5) is 13.9. The number of carbonyl (C=O) groups is 1. The van der Waals surface area contributed by atoms with E-state index in [1.807, 2.05) is 0 Å². The lowest BCUT2D eigenvalue weighted by atomic mass is 10.1. The summed E-state index contributed by atoms with van der Waals surface area (Å²) in [5.74, 6) is 0.224. The fraction of sp³-hybridized carbons (Fsp3) is 0.188. The maximum absolute atomic E-state index is 13.7. The van der Waals surface area contributed by atoms with E-state index in [9.17, 15) is 9.18 Å². The number of hydrogen-bond donors (Lipinski definition) is 0. The molecular weight excluding hydrogens is 337 g/mol. The Morgan fingerprint density at radius 3 is 2.62 bits per heavy atom. The van der Waals surface area contributed by atoms with Crippen molar-refractivity contribution < 1.29 is 13.9 Å². The van der Waals surface area contributed by atoms with Crippen LogP contribution in [0.3, 0.4) is 0 Å². The fourth-order valence-electron chi connectivity index (χ4n) is 1.99. The van der Waals surface area contributed by atoms with Crippen molar-refractivity contribution in [2.45, 2.75) is 0 Å². The minimum atomic E-state index is -0.344. The molecule has 0 spiro atoms. The predicted molar refractivity (Wildman–Crippen MR) is 84.7 cm³/mol. The van der Waals surface area contributed by atoms with Crippen LogP contribution in [0.1, 0.15) is 10.4 Å². The monoisotopic (exact) mass is 351 g/mol. The van der Waals surface area contributed by atoms with Gasteiger partial charge < -0.3 is 9.64 Å². The molecule has 110 valence electrons. The van der Waals surface area contributed by atoms with E-state index in [1.54, 1.807) is 55.5 Å². The first-order valence-electron chi connectivity index (χ1n) is 6.35. The largest absolute Gasteiger partial charge is 0.496 e. The molecule has 0 unspecified atom stereocenters. The Bertz CT molecular complexity index is 660. The van der Waals surface area contributed by atoms with E-state index in [0.717, 1.165) is 0 Å². The molecule has 0 aliphatic heterocycles. The van der Waals surface area contributed by atoms with Crippen molar-refractivity contribution in [3.63, 3.8) is 0 Å². The molecule has 0 heterocycles. The summed E-state index contributed by atoms with van der Waals surface area (Å²) in [5.41, 5.74) is 0.948. The molecule has 2 aromatic carbocycles. The van der Waals surface area contributed by atoms with E-state index >= 15 is 0 Å². The highest BCUT2D eigenvalue weighted by Gasteiger charge is 2.14. The highest BCUT2D eigenvalue weighted by molar-refractivity contribution is 9.10. The molecular formula is C16H15BrFNO2. The van der Waals surface area contributed by atoms with Crippen LogP contribution in [0.25, 0.3) is 0 Å². The Labute approximate surface area is 131 Å². The molecule has 0 fully saturated rings. The minimum Gasteiger partial charge on any atom is -0.496 e. The van der Waals surface area contributed by atoms with Crippen molar-refractivity contribution in [1.82, 2.24) is 0 Å². The van der Waals surface area contributed by atoms with Crippen LogP contribution in [-0.2, 0) is 0 Å². The molecule has 0 N–H and O–H groups in total. The van der Waals surface area contributed by atoms with E-state index in [0.29, 0.717) is 21.5 Å². The van der Waals surface area contributed by atoms with Gasteiger partial charge in [-0.05, 0) is 46.3 Å². The van der Waals surface area contributed by atoms with Crippen molar-refractivity contribution in [2.24, 2.45) is 0 Å². The van der Waals surface area contributed by atoms with Gasteiger partial charge in [0.15, 0.2) is 5.78 Å². The Morgan fingerprint density at radius 1 is 1.29 bits per heavy atom. The molecule has 2 rings (SSSR count). The van der Waals surface area contributed by atoms with Crippen LogP contribution in [0.2, 0.25) is 0 Å². The van der Waals surface area contributed by atoms with Crippen LogP contribution < -0.4 is 9.64 Å². The molecule has 0 saturated heterocycles. The van der Waals surface area contributed by atoms with Gasteiger partial charge in [0.2, 0.25) is 0 Å². The number of carbonyl (C=O) groups excluding carboxylic acids is 1. The highest BCUT2D eigenvalue weighted by Crippen LogP contribution is 2.26. The highest BCUT2D eigenvalue weighted by atomic mass is 79.9. The first-order chi connectivity index (χ1) is 10.0. The molecule has 0 aliphatic carbocycles. The zero-order valence-corrected chi connectivity index (χ0v) is 13.4. The Balaban J connectivity index is 2.14. The number of nitrogens with zero attached hydrogens (tertiary/aromatic N) is 1. The number of likely N-dealkylation sites (N-methyl/N-ethyl adjacent to an activating group) is 1. The van der Waals surface area contributed by atoms with Gasteiger partial charge in [-0.25, -0.2) is 4.39 Å². The summed E-state index contributed by atoms with van der Waals surface area (Å²) in [7, 11) is 3.25. The third kappa shape index (κ3) is 3.61. The van der Waals surface area contributed by atoms with Gasteiger partial charge in [-0.3, -0.25) is 4.79 Å². The number of methoxy groups -OCH3 is 1. The summed E-state index contributed by atoms with van der Waals surface area (Å²) in [5, 5.41) is 0. The van der Waals surface area contributed by atoms with E-state index in [-0.39, 0.29) is 18.1 Å². The second-order valence-corrected chi connectivity index (χ2v) is 5.43. The number of hydrogen-bond acceptors (Lipinski definition) is 3. The van der Waals surface area contributed by atoms with Gasteiger partial charge in [-0.1, -0.05) is 12.1 Å². The van der Waals surface area contributed by atoms with Crippen LogP contribution in [0.15, 0.2) is 46.9 Å². The van der Waals surface area contributed by atoms with Gasteiger partial charge in [0.25, 0.3) is 0 Å². The number of benzene rings is 2. The molecule has 3 nitrogen and oxygen atoms in total. The third-order valence-electron chi connectivity index (χ3n) is 3.12. The lowest BCUT2D eigenvalue weighted by molar-refractivity contribution is 0.1000. The smallest absolute Gasteiger partial charge is 0.182 e. The molecule has 0 saturated carbocycles. The normalized spacial score (nSPS) is 10.3. The summed E-state index contributed by atoms with van der Waals surface area (Å²) in [6.07, 6.45) is 0. The Kier molecular flexibility index (Phi) is 4.96. The van der Waals surface area contributed by atoms with Crippen LogP contribution in [0.5, 0.6) is 5.75 Å². The number of anilines is 1. The van der Waals surface area contributed by atoms with Crippen LogP contribution in [0.4, 0.5) is 10.1 Å². The minimum absolute atomic E-state index is 0.0934. The lowest BCUT2D eigenvalue weighted by Crippen LogP contribution is -2.26. The summed E-state index contributed by atoms with van der Waals surface area (Å²) >= 11 is 3.35. The fourth-order valence-corrected chi connectivity index (χ4v) is 2.53. The Hall–Kier alpha value is -1.88. The van der Waals surface area contributed by atoms with Gasteiger partial charge in [-0.15, -0.1) is 0 Å². The third-order valence-corrected chi connectivity index (χ3v) is 3.74. The first kappa shape index (κ1) is 15.5. The number of rotatable bonds is 5. The zero-order chi connectivity index (χ0) is 15.4. The molecule has 0 aliphatic rings. The molecule has 0 bridgehead atoms. The molecule has 0 amide bonds. The van der Waals surface area contributed by atoms with Gasteiger partial charge in [-0.2, -0.15) is 0 Å². The molecule has 0 radical (unpaired) electrons. The molecule has 5 heteroatoms. The number of ketones is 1. The number of Topliss-reactive ketones (excluding diaryl/α,β-unsaturated/α-hetero) is 1. The van der Waals surface area contributed by atoms with E-state index in [2.05, 4.69) is 15.9 Å². The second kappa shape index (κ2) is 6.72. The maximum Gasteiger partial charge on any atom is 0.182 e. The number of para-hydroxylation sites is 1. The van der Waals surface area contributed by atoms with Gasteiger partial charge in [0, 0.05) is 12.6 Å². The summed E-state index contributed by atoms with van der Waals surface area (Å²) < 4.78 is 19.5. The topological polar surface area (TPSA) is 29.5 Å². The first-order valence-corrected chi connectivity index (χ1v) is 7.14. The number of ether oxygens (including phenoxy) is 1. The van der Waals surface area contributed by atoms with Crippen molar-refractivity contribution in [2.75, 3.05) is 25.6 Å². The van der Waals surface area contributed by atoms with Crippen LogP contribution >= 0.6 is 15.9 Å². The van der Waals surface area contributed by atoms with Crippen molar-refractivity contribution in [3.05, 3.63) is 58.3 Å². The van der Waals surface area contributed by atoms with Crippen molar-refractivity contribution >= 4 is 27.4 Å². The average molecular weight is 352 g/mol. The summed E-state index contributed by atoms with van der Waals surface area (Å²) in [6.45, 7) is 0.0969. The standard InChI is InChI=1S/C16H15BrFNO2/c1-19(14-6-4-3-5-13(14)18)10-15(20)11-7-8-16(21-2)12(17)9-11/h3-9H,10H2,1-2H3. The SMILES string of the molecule is COc1ccc(C(=O)CN(C)c2ccccc2F)cc1Br. The van der Waals surface area contributed by atoms with Crippen molar-refractivity contribution in [1.29, 1.82) is 0 Å². The summed E-state index contributed by atoms with van der Waals surface area (Å²) in [6, 6.07) is 11.5.